The summed E-state index contributed by atoms with van der Waals surface area (Å²) in [6.07, 6.45) is 3.89. The normalized spacial score (nSPS) is 11.9. The molecule has 0 aliphatic heterocycles. The number of benzene rings is 6. The lowest BCUT2D eigenvalue weighted by atomic mass is 10.0. The molecular weight excluding hydrogens is 502 g/mol. The van der Waals surface area contributed by atoms with Crippen LogP contribution in [-0.2, 0) is 0 Å². The predicted molar refractivity (Wildman–Crippen MR) is 167 cm³/mol. The third-order valence-corrected chi connectivity index (χ3v) is 8.11. The van der Waals surface area contributed by atoms with Gasteiger partial charge in [0.25, 0.3) is 0 Å². The van der Waals surface area contributed by atoms with E-state index < -0.39 is 0 Å². The molecule has 0 spiro atoms. The Morgan fingerprint density at radius 1 is 0.415 bits per heavy atom. The molecule has 6 aromatic carbocycles. The van der Waals surface area contributed by atoms with Crippen LogP contribution in [0.15, 0.2) is 128 Å². The van der Waals surface area contributed by atoms with Crippen LogP contribution in [0.1, 0.15) is 0 Å². The maximum atomic E-state index is 5.25. The number of hydrogen-bond donors (Lipinski definition) is 0. The van der Waals surface area contributed by atoms with Gasteiger partial charge in [-0.05, 0) is 33.7 Å². The second kappa shape index (κ2) is 8.41. The van der Waals surface area contributed by atoms with Crippen molar-refractivity contribution in [1.29, 1.82) is 0 Å². The second-order valence-corrected chi connectivity index (χ2v) is 10.3. The Morgan fingerprint density at radius 2 is 0.951 bits per heavy atom. The molecule has 0 aliphatic carbocycles. The van der Waals surface area contributed by atoms with Gasteiger partial charge in [0, 0.05) is 39.5 Å². The van der Waals surface area contributed by atoms with E-state index in [0.717, 1.165) is 59.9 Å². The summed E-state index contributed by atoms with van der Waals surface area (Å²) >= 11 is 0. The Hall–Kier alpha value is -5.68. The molecule has 0 saturated heterocycles. The maximum absolute atomic E-state index is 5.25. The summed E-state index contributed by atoms with van der Waals surface area (Å²) in [5.41, 5.74) is 4.78. The summed E-state index contributed by atoms with van der Waals surface area (Å²) in [4.78, 5) is 20.3. The van der Waals surface area contributed by atoms with E-state index in [-0.39, 0.29) is 0 Å². The van der Waals surface area contributed by atoms with Gasteiger partial charge < -0.3 is 0 Å². The molecule has 0 atom stereocenters. The highest BCUT2D eigenvalue weighted by molar-refractivity contribution is 6.23. The number of hydrogen-bond acceptors (Lipinski definition) is 4. The van der Waals surface area contributed by atoms with Gasteiger partial charge in [0.1, 0.15) is 11.0 Å². The van der Waals surface area contributed by atoms with Crippen LogP contribution in [0, 0.1) is 0 Å². The first-order valence-corrected chi connectivity index (χ1v) is 13.7. The molecule has 0 unspecified atom stereocenters. The smallest absolute Gasteiger partial charge is 0.235 e. The van der Waals surface area contributed by atoms with E-state index in [1.807, 2.05) is 12.4 Å². The van der Waals surface area contributed by atoms with Crippen molar-refractivity contribution in [2.24, 2.45) is 0 Å². The predicted octanol–water partition coefficient (Wildman–Crippen LogP) is 8.64. The molecule has 0 fully saturated rings. The van der Waals surface area contributed by atoms with Gasteiger partial charge in [-0.15, -0.1) is 0 Å². The van der Waals surface area contributed by atoms with Gasteiger partial charge in [-0.25, -0.2) is 19.9 Å². The molecule has 190 valence electrons. The van der Waals surface area contributed by atoms with E-state index in [2.05, 4.69) is 120 Å². The number of para-hydroxylation sites is 2. The fraction of sp³-hybridized carbons (Fsp3) is 0. The number of aromatic nitrogens is 5. The lowest BCUT2D eigenvalue weighted by Gasteiger charge is -2.12. The summed E-state index contributed by atoms with van der Waals surface area (Å²) in [6.45, 7) is 0. The lowest BCUT2D eigenvalue weighted by Crippen LogP contribution is -2.02. The molecule has 5 heteroatoms. The first kappa shape index (κ1) is 22.2. The monoisotopic (exact) mass is 523 g/mol. The molecule has 0 N–H and O–H groups in total. The van der Waals surface area contributed by atoms with Crippen LogP contribution in [0.5, 0.6) is 0 Å². The van der Waals surface area contributed by atoms with E-state index in [9.17, 15) is 0 Å². The standard InChI is InChI=1S/C36H21N5/c1-2-12-23-22(10-1)11-9-17-28(23)35-37-20-29-24-13-3-4-14-25(24)30-21-38-36(40-34(30)33(29)39-35)41-31-18-7-5-15-26(31)27-16-6-8-19-32(27)41/h1-21H. The van der Waals surface area contributed by atoms with Crippen molar-refractivity contribution in [3.05, 3.63) is 128 Å². The van der Waals surface area contributed by atoms with Gasteiger partial charge >= 0.3 is 0 Å². The first-order valence-electron chi connectivity index (χ1n) is 13.7. The van der Waals surface area contributed by atoms with Crippen molar-refractivity contribution in [1.82, 2.24) is 24.5 Å². The zero-order valence-corrected chi connectivity index (χ0v) is 21.9. The summed E-state index contributed by atoms with van der Waals surface area (Å²) < 4.78 is 2.15. The fourth-order valence-corrected chi connectivity index (χ4v) is 6.26. The summed E-state index contributed by atoms with van der Waals surface area (Å²) in [5, 5.41) is 8.77. The zero-order chi connectivity index (χ0) is 26.9. The fourth-order valence-electron chi connectivity index (χ4n) is 6.26. The average molecular weight is 524 g/mol. The third-order valence-electron chi connectivity index (χ3n) is 8.11. The summed E-state index contributed by atoms with van der Waals surface area (Å²) in [5.74, 6) is 1.31. The highest BCUT2D eigenvalue weighted by Crippen LogP contribution is 2.36. The minimum atomic E-state index is 0.622. The maximum Gasteiger partial charge on any atom is 0.235 e. The molecule has 3 aromatic heterocycles. The SMILES string of the molecule is c1ccc2c(-c3ncc4c5ccccc5c5cnc(-n6c7ccccc7c7ccccc76)nc5c4n3)cccc2c1. The molecule has 5 nitrogen and oxygen atoms in total. The molecule has 0 amide bonds. The van der Waals surface area contributed by atoms with Crippen LogP contribution in [0.2, 0.25) is 0 Å². The zero-order valence-electron chi connectivity index (χ0n) is 21.9. The molecule has 9 rings (SSSR count). The molecular formula is C36H21N5. The van der Waals surface area contributed by atoms with Crippen molar-refractivity contribution in [2.45, 2.75) is 0 Å². The van der Waals surface area contributed by atoms with E-state index in [1.54, 1.807) is 0 Å². The van der Waals surface area contributed by atoms with Gasteiger partial charge in [-0.2, -0.15) is 0 Å². The molecule has 41 heavy (non-hydrogen) atoms. The molecule has 3 heterocycles. The lowest BCUT2D eigenvalue weighted by molar-refractivity contribution is 1.01. The molecule has 9 aromatic rings. The summed E-state index contributed by atoms with van der Waals surface area (Å²) in [7, 11) is 0. The molecule has 0 aliphatic rings. The van der Waals surface area contributed by atoms with Crippen LogP contribution in [-0.4, -0.2) is 24.5 Å². The minimum absolute atomic E-state index is 0.622. The van der Waals surface area contributed by atoms with Crippen molar-refractivity contribution < 1.29 is 0 Å². The van der Waals surface area contributed by atoms with E-state index in [1.165, 1.54) is 10.8 Å². The van der Waals surface area contributed by atoms with Crippen molar-refractivity contribution >= 4 is 65.2 Å². The third kappa shape index (κ3) is 3.17. The molecule has 0 radical (unpaired) electrons. The Bertz CT molecular complexity index is 2430. The Morgan fingerprint density at radius 3 is 1.66 bits per heavy atom. The summed E-state index contributed by atoms with van der Waals surface area (Å²) in [6, 6.07) is 39.8. The quantitative estimate of drug-likeness (QED) is 0.213. The highest BCUT2D eigenvalue weighted by atomic mass is 15.2. The van der Waals surface area contributed by atoms with Gasteiger partial charge in [-0.1, -0.05) is 103 Å². The number of rotatable bonds is 2. The first-order chi connectivity index (χ1) is 20.3. The van der Waals surface area contributed by atoms with Crippen molar-refractivity contribution in [3.8, 4) is 17.3 Å². The Kier molecular flexibility index (Phi) is 4.55. The largest absolute Gasteiger partial charge is 0.278 e. The Labute approximate surface area is 234 Å². The molecule has 0 saturated carbocycles. The van der Waals surface area contributed by atoms with Crippen LogP contribution in [0.25, 0.3) is 82.5 Å². The van der Waals surface area contributed by atoms with E-state index in [0.29, 0.717) is 11.8 Å². The topological polar surface area (TPSA) is 56.5 Å². The van der Waals surface area contributed by atoms with E-state index >= 15 is 0 Å². The second-order valence-electron chi connectivity index (χ2n) is 10.3. The van der Waals surface area contributed by atoms with Gasteiger partial charge in [0.2, 0.25) is 5.95 Å². The van der Waals surface area contributed by atoms with Crippen molar-refractivity contribution in [2.75, 3.05) is 0 Å². The van der Waals surface area contributed by atoms with Gasteiger partial charge in [-0.3, -0.25) is 4.57 Å². The van der Waals surface area contributed by atoms with Crippen LogP contribution < -0.4 is 0 Å². The number of nitrogens with zero attached hydrogens (tertiary/aromatic N) is 5. The minimum Gasteiger partial charge on any atom is -0.278 e. The van der Waals surface area contributed by atoms with Crippen LogP contribution in [0.3, 0.4) is 0 Å². The van der Waals surface area contributed by atoms with Crippen LogP contribution >= 0.6 is 0 Å². The van der Waals surface area contributed by atoms with Gasteiger partial charge in [0.15, 0.2) is 5.82 Å². The number of fused-ring (bicyclic) bond motifs is 10. The van der Waals surface area contributed by atoms with Crippen molar-refractivity contribution in [3.63, 3.8) is 0 Å². The van der Waals surface area contributed by atoms with E-state index in [4.69, 9.17) is 19.9 Å². The molecule has 0 bridgehead atoms. The Balaban J connectivity index is 1.40. The van der Waals surface area contributed by atoms with Gasteiger partial charge in [0.05, 0.1) is 11.0 Å². The average Bonchev–Trinajstić information content (AvgIpc) is 3.38. The van der Waals surface area contributed by atoms with Crippen LogP contribution in [0.4, 0.5) is 0 Å². The highest BCUT2D eigenvalue weighted by Gasteiger charge is 2.18.